The van der Waals surface area contributed by atoms with Crippen molar-refractivity contribution in [1.82, 2.24) is 14.9 Å². The molecule has 2 rings (SSSR count). The highest BCUT2D eigenvalue weighted by atomic mass is 16.2. The smallest absolute Gasteiger partial charge is 0.226 e. The molecule has 0 bridgehead atoms. The molecule has 0 radical (unpaired) electrons. The zero-order valence-electron chi connectivity index (χ0n) is 13.4. The molecule has 0 saturated carbocycles. The number of fused-ring (bicyclic) bond motifs is 1. The van der Waals surface area contributed by atoms with Gasteiger partial charge >= 0.3 is 0 Å². The average molecular weight is 287 g/mol. The Morgan fingerprint density at radius 2 is 2.14 bits per heavy atom. The Bertz CT molecular complexity index is 616. The molecule has 21 heavy (non-hydrogen) atoms. The Morgan fingerprint density at radius 3 is 2.81 bits per heavy atom. The first kappa shape index (κ1) is 15.5. The van der Waals surface area contributed by atoms with Crippen LogP contribution in [-0.4, -0.2) is 34.4 Å². The molecule has 0 spiro atoms. The number of hydrogen-bond donors (Lipinski definition) is 1. The predicted octanol–water partition coefficient (Wildman–Crippen LogP) is 3.49. The Hall–Kier alpha value is -1.84. The maximum atomic E-state index is 12.2. The predicted molar refractivity (Wildman–Crippen MR) is 86.4 cm³/mol. The lowest BCUT2D eigenvalue weighted by molar-refractivity contribution is -0.129. The zero-order valence-corrected chi connectivity index (χ0v) is 13.4. The highest BCUT2D eigenvalue weighted by Gasteiger charge is 2.11. The molecule has 1 aromatic carbocycles. The number of hydrogen-bond acceptors (Lipinski definition) is 2. The fourth-order valence-corrected chi connectivity index (χ4v) is 2.29. The van der Waals surface area contributed by atoms with Gasteiger partial charge < -0.3 is 9.88 Å². The highest BCUT2D eigenvalue weighted by molar-refractivity contribution is 5.81. The summed E-state index contributed by atoms with van der Waals surface area (Å²) in [7, 11) is 1.88. The van der Waals surface area contributed by atoms with Crippen LogP contribution in [0.2, 0.25) is 0 Å². The summed E-state index contributed by atoms with van der Waals surface area (Å²) in [4.78, 5) is 21.9. The second kappa shape index (κ2) is 6.74. The van der Waals surface area contributed by atoms with Crippen LogP contribution in [0.1, 0.15) is 50.9 Å². The summed E-state index contributed by atoms with van der Waals surface area (Å²) in [5.41, 5.74) is 3.02. The Balaban J connectivity index is 2.10. The summed E-state index contributed by atoms with van der Waals surface area (Å²) in [6, 6.07) is 6.03. The van der Waals surface area contributed by atoms with Crippen LogP contribution >= 0.6 is 0 Å². The van der Waals surface area contributed by atoms with Gasteiger partial charge in [0.05, 0.1) is 17.5 Å². The van der Waals surface area contributed by atoms with E-state index in [9.17, 15) is 4.79 Å². The summed E-state index contributed by atoms with van der Waals surface area (Å²) in [6.07, 6.45) is 2.61. The van der Waals surface area contributed by atoms with E-state index in [0.29, 0.717) is 12.3 Å². The average Bonchev–Trinajstić information content (AvgIpc) is 2.88. The van der Waals surface area contributed by atoms with Crippen molar-refractivity contribution < 1.29 is 4.79 Å². The fraction of sp³-hybridized carbons (Fsp3) is 0.529. The van der Waals surface area contributed by atoms with Crippen LogP contribution in [0, 0.1) is 0 Å². The number of likely N-dealkylation sites (N-methyl/N-ethyl adjacent to an activating group) is 1. The number of imidazole rings is 1. The second-order valence-electron chi connectivity index (χ2n) is 5.97. The first-order valence-corrected chi connectivity index (χ1v) is 7.73. The molecule has 4 heteroatoms. The maximum Gasteiger partial charge on any atom is 0.226 e. The Kier molecular flexibility index (Phi) is 4.99. The number of aromatic nitrogens is 2. The number of amides is 1. The van der Waals surface area contributed by atoms with Gasteiger partial charge in [-0.3, -0.25) is 4.79 Å². The van der Waals surface area contributed by atoms with Gasteiger partial charge in [-0.15, -0.1) is 0 Å². The van der Waals surface area contributed by atoms with Crippen LogP contribution in [0.5, 0.6) is 0 Å². The topological polar surface area (TPSA) is 49.0 Å². The maximum absolute atomic E-state index is 12.2. The van der Waals surface area contributed by atoms with Crippen molar-refractivity contribution in [3.8, 4) is 0 Å². The van der Waals surface area contributed by atoms with Gasteiger partial charge in [-0.1, -0.05) is 33.3 Å². The Morgan fingerprint density at radius 1 is 1.38 bits per heavy atom. The molecule has 1 amide bonds. The highest BCUT2D eigenvalue weighted by Crippen LogP contribution is 2.18. The van der Waals surface area contributed by atoms with Crippen molar-refractivity contribution in [2.24, 2.45) is 0 Å². The molecule has 1 N–H and O–H groups in total. The van der Waals surface area contributed by atoms with Gasteiger partial charge in [-0.05, 0) is 24.1 Å². The lowest BCUT2D eigenvalue weighted by atomic mass is 10.1. The molecule has 0 saturated heterocycles. The number of aromatic amines is 1. The van der Waals surface area contributed by atoms with Crippen molar-refractivity contribution in [2.45, 2.75) is 46.0 Å². The van der Waals surface area contributed by atoms with E-state index in [2.05, 4.69) is 30.7 Å². The first-order valence-electron chi connectivity index (χ1n) is 7.73. The van der Waals surface area contributed by atoms with Gasteiger partial charge in [-0.2, -0.15) is 0 Å². The van der Waals surface area contributed by atoms with Gasteiger partial charge in [-0.25, -0.2) is 4.98 Å². The summed E-state index contributed by atoms with van der Waals surface area (Å²) < 4.78 is 0. The summed E-state index contributed by atoms with van der Waals surface area (Å²) in [5.74, 6) is 1.54. The minimum Gasteiger partial charge on any atom is -0.345 e. The van der Waals surface area contributed by atoms with Crippen LogP contribution < -0.4 is 0 Å². The number of nitrogens with one attached hydrogen (secondary N) is 1. The third-order valence-corrected chi connectivity index (χ3v) is 3.74. The molecule has 0 atom stereocenters. The van der Waals surface area contributed by atoms with Gasteiger partial charge in [0.25, 0.3) is 0 Å². The van der Waals surface area contributed by atoms with E-state index in [4.69, 9.17) is 0 Å². The van der Waals surface area contributed by atoms with Crippen molar-refractivity contribution in [3.63, 3.8) is 0 Å². The summed E-state index contributed by atoms with van der Waals surface area (Å²) in [5, 5.41) is 0. The van der Waals surface area contributed by atoms with Crippen LogP contribution in [0.4, 0.5) is 0 Å². The van der Waals surface area contributed by atoms with Crippen LogP contribution in [0.3, 0.4) is 0 Å². The fourth-order valence-electron chi connectivity index (χ4n) is 2.29. The third kappa shape index (κ3) is 3.84. The van der Waals surface area contributed by atoms with E-state index < -0.39 is 0 Å². The molecule has 4 nitrogen and oxygen atoms in total. The molecular weight excluding hydrogens is 262 g/mol. The number of carbonyl (C=O) groups excluding carboxylic acids is 1. The van der Waals surface area contributed by atoms with Gasteiger partial charge in [0.15, 0.2) is 0 Å². The number of benzene rings is 1. The molecule has 0 aliphatic rings. The molecule has 0 fully saturated rings. The number of rotatable bonds is 6. The third-order valence-electron chi connectivity index (χ3n) is 3.74. The van der Waals surface area contributed by atoms with E-state index in [1.54, 1.807) is 0 Å². The SMILES string of the molecule is CCCCN(C)C(=O)Cc1ccc2nc(C(C)C)[nH]c2c1. The first-order chi connectivity index (χ1) is 10.0. The van der Waals surface area contributed by atoms with Gasteiger partial charge in [0, 0.05) is 19.5 Å². The van der Waals surface area contributed by atoms with Crippen LogP contribution in [0.15, 0.2) is 18.2 Å². The molecule has 2 aromatic rings. The molecular formula is C17H25N3O. The number of unbranched alkanes of at least 4 members (excludes halogenated alkanes) is 1. The summed E-state index contributed by atoms with van der Waals surface area (Å²) in [6.45, 7) is 7.20. The molecule has 0 unspecified atom stereocenters. The number of nitrogens with zero attached hydrogens (tertiary/aromatic N) is 2. The van der Waals surface area contributed by atoms with Crippen molar-refractivity contribution in [2.75, 3.05) is 13.6 Å². The van der Waals surface area contributed by atoms with E-state index in [1.165, 1.54) is 0 Å². The lowest BCUT2D eigenvalue weighted by Gasteiger charge is -2.16. The van der Waals surface area contributed by atoms with E-state index >= 15 is 0 Å². The molecule has 1 heterocycles. The standard InChI is InChI=1S/C17H25N3O/c1-5-6-9-20(4)16(21)11-13-7-8-14-15(10-13)19-17(18-14)12(2)3/h7-8,10,12H,5-6,9,11H2,1-4H3,(H,18,19). The van der Waals surface area contributed by atoms with Crippen molar-refractivity contribution >= 4 is 16.9 Å². The Labute approximate surface area is 126 Å². The van der Waals surface area contributed by atoms with Crippen LogP contribution in [-0.2, 0) is 11.2 Å². The van der Waals surface area contributed by atoms with E-state index in [-0.39, 0.29) is 5.91 Å². The number of carbonyl (C=O) groups is 1. The molecule has 114 valence electrons. The lowest BCUT2D eigenvalue weighted by Crippen LogP contribution is -2.29. The van der Waals surface area contributed by atoms with Crippen molar-refractivity contribution in [3.05, 3.63) is 29.6 Å². The normalized spacial score (nSPS) is 11.3. The second-order valence-corrected chi connectivity index (χ2v) is 5.97. The van der Waals surface area contributed by atoms with Gasteiger partial charge in [0.1, 0.15) is 5.82 Å². The van der Waals surface area contributed by atoms with Crippen LogP contribution in [0.25, 0.3) is 11.0 Å². The minimum absolute atomic E-state index is 0.173. The molecule has 0 aliphatic carbocycles. The monoisotopic (exact) mass is 287 g/mol. The molecule has 1 aromatic heterocycles. The van der Waals surface area contributed by atoms with Crippen molar-refractivity contribution in [1.29, 1.82) is 0 Å². The minimum atomic E-state index is 0.173. The van der Waals surface area contributed by atoms with E-state index in [1.807, 2.05) is 30.1 Å². The largest absolute Gasteiger partial charge is 0.345 e. The summed E-state index contributed by atoms with van der Waals surface area (Å²) >= 11 is 0. The molecule has 0 aliphatic heterocycles. The number of H-pyrrole nitrogens is 1. The van der Waals surface area contributed by atoms with Gasteiger partial charge in [0.2, 0.25) is 5.91 Å². The van der Waals surface area contributed by atoms with E-state index in [0.717, 1.165) is 41.8 Å². The quantitative estimate of drug-likeness (QED) is 0.884. The zero-order chi connectivity index (χ0) is 15.4.